The van der Waals surface area contributed by atoms with Gasteiger partial charge in [-0.2, -0.15) is 8.42 Å². The molecule has 16 heteroatoms. The highest BCUT2D eigenvalue weighted by Crippen LogP contribution is 2.12. The van der Waals surface area contributed by atoms with E-state index in [2.05, 4.69) is 42.5 Å². The first-order valence-electron chi connectivity index (χ1n) is 15.5. The Kier molecular flexibility index (Phi) is 27.0. The third-order valence-corrected chi connectivity index (χ3v) is 6.73. The van der Waals surface area contributed by atoms with Crippen molar-refractivity contribution in [2.45, 2.75) is 86.6 Å². The minimum atomic E-state index is -4.64. The Bertz CT molecular complexity index is 1250. The van der Waals surface area contributed by atoms with Crippen LogP contribution < -0.4 is 21.7 Å². The van der Waals surface area contributed by atoms with Crippen LogP contribution in [0.25, 0.3) is 0 Å². The van der Waals surface area contributed by atoms with E-state index in [-0.39, 0.29) is 50.0 Å². The molecule has 15 nitrogen and oxygen atoms in total. The molecule has 48 heavy (non-hydrogen) atoms. The molecule has 1 heterocycles. The van der Waals surface area contributed by atoms with Gasteiger partial charge in [0.15, 0.2) is 5.25 Å². The highest BCUT2D eigenvalue weighted by Gasteiger charge is 2.34. The van der Waals surface area contributed by atoms with Crippen molar-refractivity contribution in [1.29, 1.82) is 0 Å². The van der Waals surface area contributed by atoms with Crippen molar-refractivity contribution in [1.82, 2.24) is 15.5 Å². The summed E-state index contributed by atoms with van der Waals surface area (Å²) >= 11 is 0. The number of rotatable bonds is 13. The Morgan fingerprint density at radius 1 is 0.958 bits per heavy atom. The average molecular weight is 702 g/mol. The third kappa shape index (κ3) is 23.2. The Morgan fingerprint density at radius 3 is 1.83 bits per heavy atom. The Morgan fingerprint density at radius 2 is 1.44 bits per heavy atom. The average Bonchev–Trinajstić information content (AvgIpc) is 3.33. The molecule has 1 aromatic rings. The predicted octanol–water partition coefficient (Wildman–Crippen LogP) is 2.42. The topological polar surface area (TPSA) is 231 Å². The van der Waals surface area contributed by atoms with Gasteiger partial charge in [0.2, 0.25) is 18.2 Å². The smallest absolute Gasteiger partial charge is 0.302 e. The number of imide groups is 1. The van der Waals surface area contributed by atoms with Gasteiger partial charge < -0.3 is 26.4 Å². The van der Waals surface area contributed by atoms with Crippen molar-refractivity contribution in [3.05, 3.63) is 42.0 Å². The minimum Gasteiger partial charge on any atom is -0.461 e. The van der Waals surface area contributed by atoms with E-state index < -0.39 is 33.1 Å². The number of nitrogens with two attached hydrogens (primary N) is 1. The standard InChI is InChI=1S/C13H20N2O6S.C12H14N2O4.C4H10.C2H6.CH5N/c1-8(2)9(3)14-13(18)10(22(19,20)21)6-7-15-11(16)4-5-12(15)17;1-9(16)18-7-10-2-4-11(5-3-10)14-12(17)6-13-8-15;1-4(2)3;2*1-2/h4-5,8-10H,6-7H2,1-3H3,(H,14,18)(H,19,20,21);2-5,8H,6-7H2,1H3,(H,13,15)(H,14,17);4H,1-3H3;1-2H3;2H2,1H3. The summed E-state index contributed by atoms with van der Waals surface area (Å²) in [5.74, 6) is -1.74. The first kappa shape index (κ1) is 48.2. The molecule has 0 radical (unpaired) electrons. The van der Waals surface area contributed by atoms with E-state index in [0.717, 1.165) is 28.5 Å². The number of amides is 5. The second-order valence-corrected chi connectivity index (χ2v) is 12.4. The second-order valence-electron chi connectivity index (χ2n) is 10.8. The normalized spacial score (nSPS) is 12.8. The molecular formula is C32H55N5O10S. The zero-order valence-corrected chi connectivity index (χ0v) is 30.6. The lowest BCUT2D eigenvalue weighted by molar-refractivity contribution is -0.142. The Balaban J connectivity index is -0.000000701. The van der Waals surface area contributed by atoms with E-state index in [1.165, 1.54) is 14.0 Å². The molecule has 0 fully saturated rings. The fraction of sp³-hybridized carbons (Fsp3) is 0.562. The number of carbonyl (C=O) groups excluding carboxylic acids is 6. The number of hydrogen-bond donors (Lipinski definition) is 5. The van der Waals surface area contributed by atoms with Crippen LogP contribution in [0.1, 0.15) is 74.3 Å². The van der Waals surface area contributed by atoms with E-state index in [4.69, 9.17) is 4.74 Å². The van der Waals surface area contributed by atoms with Gasteiger partial charge in [0.05, 0.1) is 6.54 Å². The van der Waals surface area contributed by atoms with Crippen LogP contribution in [0, 0.1) is 11.8 Å². The molecule has 0 aliphatic carbocycles. The summed E-state index contributed by atoms with van der Waals surface area (Å²) in [4.78, 5) is 67.5. The number of esters is 1. The molecule has 0 saturated heterocycles. The highest BCUT2D eigenvalue weighted by molar-refractivity contribution is 7.87. The molecule has 2 rings (SSSR count). The van der Waals surface area contributed by atoms with Gasteiger partial charge in [0.25, 0.3) is 21.9 Å². The van der Waals surface area contributed by atoms with Crippen molar-refractivity contribution in [2.75, 3.05) is 25.5 Å². The maximum Gasteiger partial charge on any atom is 0.302 e. The van der Waals surface area contributed by atoms with Gasteiger partial charge in [-0.1, -0.05) is 60.6 Å². The molecule has 0 bridgehead atoms. The first-order valence-corrected chi connectivity index (χ1v) is 17.0. The SMILES string of the molecule is CC.CC(=O)OCc1ccc(NC(=O)CNC=O)cc1.CC(C)C.CC(C)C(C)NC(=O)C(CCN1C(=O)C=CC1=O)S(=O)(=O)O.CN. The van der Waals surface area contributed by atoms with Crippen LogP contribution in [0.3, 0.4) is 0 Å². The Hall–Kier alpha value is -4.15. The molecule has 2 atom stereocenters. The number of ether oxygens (including phenoxy) is 1. The van der Waals surface area contributed by atoms with E-state index in [1.807, 2.05) is 27.7 Å². The largest absolute Gasteiger partial charge is 0.461 e. The molecule has 2 unspecified atom stereocenters. The number of nitrogens with one attached hydrogen (secondary N) is 3. The molecule has 0 aromatic heterocycles. The summed E-state index contributed by atoms with van der Waals surface area (Å²) in [5.41, 5.74) is 5.94. The number of anilines is 1. The molecule has 0 spiro atoms. The molecule has 1 aliphatic heterocycles. The molecule has 5 amide bonds. The number of carbonyl (C=O) groups is 6. The van der Waals surface area contributed by atoms with Crippen molar-refractivity contribution in [3.63, 3.8) is 0 Å². The lowest BCUT2D eigenvalue weighted by Crippen LogP contribution is -2.46. The molecule has 6 N–H and O–H groups in total. The van der Waals surface area contributed by atoms with Gasteiger partial charge in [-0.15, -0.1) is 0 Å². The van der Waals surface area contributed by atoms with E-state index >= 15 is 0 Å². The lowest BCUT2D eigenvalue weighted by Gasteiger charge is -2.22. The highest BCUT2D eigenvalue weighted by atomic mass is 32.2. The molecule has 1 aliphatic rings. The van der Waals surface area contributed by atoms with Gasteiger partial charge in [-0.05, 0) is 49.9 Å². The van der Waals surface area contributed by atoms with E-state index in [1.54, 1.807) is 31.2 Å². The molecular weight excluding hydrogens is 646 g/mol. The summed E-state index contributed by atoms with van der Waals surface area (Å²) < 4.78 is 36.8. The van der Waals surface area contributed by atoms with Crippen LogP contribution in [0.15, 0.2) is 36.4 Å². The zero-order chi connectivity index (χ0) is 38.0. The van der Waals surface area contributed by atoms with Crippen LogP contribution in [0.5, 0.6) is 0 Å². The van der Waals surface area contributed by atoms with Gasteiger partial charge in [0, 0.05) is 37.3 Å². The monoisotopic (exact) mass is 701 g/mol. The van der Waals surface area contributed by atoms with Gasteiger partial charge in [-0.25, -0.2) is 0 Å². The molecule has 0 saturated carbocycles. The van der Waals surface area contributed by atoms with Crippen LogP contribution >= 0.6 is 0 Å². The zero-order valence-electron chi connectivity index (χ0n) is 29.7. The minimum absolute atomic E-state index is 0.0707. The van der Waals surface area contributed by atoms with Crippen LogP contribution in [0.2, 0.25) is 0 Å². The molecule has 274 valence electrons. The van der Waals surface area contributed by atoms with Crippen molar-refractivity contribution < 1.29 is 46.5 Å². The van der Waals surface area contributed by atoms with Crippen LogP contribution in [-0.4, -0.2) is 85.3 Å². The van der Waals surface area contributed by atoms with E-state index in [9.17, 15) is 41.7 Å². The van der Waals surface area contributed by atoms with Gasteiger partial charge in [-0.3, -0.25) is 38.2 Å². The summed E-state index contributed by atoms with van der Waals surface area (Å²) in [6.45, 7) is 17.1. The van der Waals surface area contributed by atoms with Crippen molar-refractivity contribution >= 4 is 51.8 Å². The maximum atomic E-state index is 12.0. The van der Waals surface area contributed by atoms with Gasteiger partial charge in [0.1, 0.15) is 6.61 Å². The molecule has 1 aromatic carbocycles. The van der Waals surface area contributed by atoms with Crippen molar-refractivity contribution in [2.24, 2.45) is 17.6 Å². The number of hydrogen-bond acceptors (Lipinski definition) is 10. The maximum absolute atomic E-state index is 12.0. The summed E-state index contributed by atoms with van der Waals surface area (Å²) in [5, 5.41) is 5.64. The quantitative estimate of drug-likeness (QED) is 0.0867. The summed E-state index contributed by atoms with van der Waals surface area (Å²) in [7, 11) is -3.14. The summed E-state index contributed by atoms with van der Waals surface area (Å²) in [6.07, 6.45) is 2.22. The second kappa shape index (κ2) is 26.9. The number of benzene rings is 1. The third-order valence-electron chi connectivity index (χ3n) is 5.56. The van der Waals surface area contributed by atoms with E-state index in [0.29, 0.717) is 12.1 Å². The fourth-order valence-corrected chi connectivity index (χ4v) is 3.75. The number of nitrogens with zero attached hydrogens (tertiary/aromatic N) is 1. The Labute approximate surface area is 285 Å². The first-order chi connectivity index (χ1) is 22.4. The van der Waals surface area contributed by atoms with Crippen LogP contribution in [-0.2, 0) is 50.2 Å². The van der Waals surface area contributed by atoms with Crippen molar-refractivity contribution in [3.8, 4) is 0 Å². The van der Waals surface area contributed by atoms with Gasteiger partial charge >= 0.3 is 5.97 Å². The lowest BCUT2D eigenvalue weighted by atomic mass is 10.1. The summed E-state index contributed by atoms with van der Waals surface area (Å²) in [6, 6.07) is 6.58. The predicted molar refractivity (Wildman–Crippen MR) is 185 cm³/mol. The van der Waals surface area contributed by atoms with Crippen LogP contribution in [0.4, 0.5) is 5.69 Å². The fourth-order valence-electron chi connectivity index (χ4n) is 3.01.